The van der Waals surface area contributed by atoms with Gasteiger partial charge in [-0.1, -0.05) is 0 Å². The van der Waals surface area contributed by atoms with Crippen LogP contribution in [0.2, 0.25) is 0 Å². The average molecular weight is 279 g/mol. The van der Waals surface area contributed by atoms with E-state index in [0.29, 0.717) is 11.8 Å². The highest BCUT2D eigenvalue weighted by atomic mass is 16.5. The summed E-state index contributed by atoms with van der Waals surface area (Å²) in [6, 6.07) is 2.07. The zero-order valence-electron chi connectivity index (χ0n) is 12.7. The average Bonchev–Trinajstić information content (AvgIpc) is 3.08. The summed E-state index contributed by atoms with van der Waals surface area (Å²) < 4.78 is 7.40. The number of hydrogen-bond donors (Lipinski definition) is 0. The van der Waals surface area contributed by atoms with Crippen LogP contribution in [0.5, 0.6) is 0 Å². The second kappa shape index (κ2) is 6.88. The van der Waals surface area contributed by atoms with Gasteiger partial charge in [-0.3, -0.25) is 9.48 Å². The van der Waals surface area contributed by atoms with Crippen LogP contribution in [-0.4, -0.2) is 46.9 Å². The van der Waals surface area contributed by atoms with Crippen LogP contribution in [0.25, 0.3) is 0 Å². The number of rotatable bonds is 6. The van der Waals surface area contributed by atoms with Crippen molar-refractivity contribution in [1.29, 1.82) is 0 Å². The number of carbonyl (C=O) groups is 1. The molecule has 0 aliphatic carbocycles. The standard InChI is InChI=1S/C15H25N3O2/c1-12(2)18-10-8-14(16-18)15(19)17(3)9-4-6-13-7-5-11-20-13/h8,10,12-13H,4-7,9,11H2,1-3H3/t13-/m0/s1. The van der Waals surface area contributed by atoms with Crippen molar-refractivity contribution in [1.82, 2.24) is 14.7 Å². The van der Waals surface area contributed by atoms with Gasteiger partial charge in [0.1, 0.15) is 5.69 Å². The van der Waals surface area contributed by atoms with Gasteiger partial charge in [-0.05, 0) is 45.6 Å². The van der Waals surface area contributed by atoms with Crippen LogP contribution in [0.4, 0.5) is 0 Å². The summed E-state index contributed by atoms with van der Waals surface area (Å²) >= 11 is 0. The monoisotopic (exact) mass is 279 g/mol. The lowest BCUT2D eigenvalue weighted by Gasteiger charge is -2.17. The normalized spacial score (nSPS) is 18.7. The van der Waals surface area contributed by atoms with Crippen molar-refractivity contribution in [3.63, 3.8) is 0 Å². The molecule has 1 aliphatic heterocycles. The van der Waals surface area contributed by atoms with Gasteiger partial charge in [-0.25, -0.2) is 0 Å². The summed E-state index contributed by atoms with van der Waals surface area (Å²) in [6.07, 6.45) is 6.62. The Morgan fingerprint density at radius 2 is 2.40 bits per heavy atom. The first-order valence-electron chi connectivity index (χ1n) is 7.50. The van der Waals surface area contributed by atoms with E-state index in [1.807, 2.05) is 31.8 Å². The predicted octanol–water partition coefficient (Wildman–Crippen LogP) is 2.50. The highest BCUT2D eigenvalue weighted by Crippen LogP contribution is 2.17. The number of ether oxygens (including phenoxy) is 1. The highest BCUT2D eigenvalue weighted by molar-refractivity contribution is 5.91. The molecule has 1 aromatic heterocycles. The van der Waals surface area contributed by atoms with E-state index in [1.54, 1.807) is 11.0 Å². The number of carbonyl (C=O) groups excluding carboxylic acids is 1. The zero-order chi connectivity index (χ0) is 14.5. The minimum Gasteiger partial charge on any atom is -0.378 e. The number of hydrogen-bond acceptors (Lipinski definition) is 3. The van der Waals surface area contributed by atoms with E-state index in [1.165, 1.54) is 6.42 Å². The topological polar surface area (TPSA) is 47.4 Å². The quantitative estimate of drug-likeness (QED) is 0.804. The van der Waals surface area contributed by atoms with Crippen molar-refractivity contribution < 1.29 is 9.53 Å². The van der Waals surface area contributed by atoms with Crippen molar-refractivity contribution in [2.45, 2.75) is 51.7 Å². The summed E-state index contributed by atoms with van der Waals surface area (Å²) in [5, 5.41) is 4.32. The minimum atomic E-state index is -0.00302. The molecule has 0 N–H and O–H groups in total. The van der Waals surface area contributed by atoms with Crippen LogP contribution in [-0.2, 0) is 4.74 Å². The third-order valence-corrected chi connectivity index (χ3v) is 3.75. The molecule has 0 bridgehead atoms. The summed E-state index contributed by atoms with van der Waals surface area (Å²) in [5.41, 5.74) is 0.526. The molecule has 2 heterocycles. The Labute approximate surface area is 120 Å². The van der Waals surface area contributed by atoms with Crippen molar-refractivity contribution in [2.75, 3.05) is 20.2 Å². The Morgan fingerprint density at radius 1 is 1.60 bits per heavy atom. The molecule has 1 atom stereocenters. The van der Waals surface area contributed by atoms with Crippen molar-refractivity contribution in [2.24, 2.45) is 0 Å². The van der Waals surface area contributed by atoms with E-state index < -0.39 is 0 Å². The van der Waals surface area contributed by atoms with Crippen LogP contribution in [0.3, 0.4) is 0 Å². The van der Waals surface area contributed by atoms with Gasteiger partial charge in [0.2, 0.25) is 0 Å². The van der Waals surface area contributed by atoms with E-state index >= 15 is 0 Å². The molecule has 0 radical (unpaired) electrons. The molecule has 5 heteroatoms. The van der Waals surface area contributed by atoms with E-state index in [4.69, 9.17) is 4.74 Å². The molecule has 0 spiro atoms. The number of nitrogens with zero attached hydrogens (tertiary/aromatic N) is 3. The SMILES string of the molecule is CC(C)n1ccc(C(=O)N(C)CCC[C@H]2CCCO2)n1. The van der Waals surface area contributed by atoms with Crippen LogP contribution in [0, 0.1) is 0 Å². The summed E-state index contributed by atoms with van der Waals surface area (Å²) in [5.74, 6) is -0.00302. The molecule has 2 rings (SSSR count). The maximum absolute atomic E-state index is 12.2. The van der Waals surface area contributed by atoms with E-state index in [9.17, 15) is 4.79 Å². The first-order valence-corrected chi connectivity index (χ1v) is 7.50. The van der Waals surface area contributed by atoms with E-state index in [0.717, 1.165) is 32.4 Å². The smallest absolute Gasteiger partial charge is 0.274 e. The molecule has 1 amide bonds. The molecule has 5 nitrogen and oxygen atoms in total. The molecule has 0 aromatic carbocycles. The van der Waals surface area contributed by atoms with Crippen molar-refractivity contribution >= 4 is 5.91 Å². The molecular weight excluding hydrogens is 254 g/mol. The van der Waals surface area contributed by atoms with E-state index in [-0.39, 0.29) is 11.9 Å². The lowest BCUT2D eigenvalue weighted by molar-refractivity contribution is 0.0757. The molecule has 1 fully saturated rings. The lowest BCUT2D eigenvalue weighted by atomic mass is 10.1. The second-order valence-electron chi connectivity index (χ2n) is 5.78. The van der Waals surface area contributed by atoms with Crippen LogP contribution in [0.1, 0.15) is 56.1 Å². The van der Waals surface area contributed by atoms with Gasteiger partial charge >= 0.3 is 0 Å². The maximum Gasteiger partial charge on any atom is 0.274 e. The molecule has 20 heavy (non-hydrogen) atoms. The number of aromatic nitrogens is 2. The minimum absolute atomic E-state index is 0.00302. The summed E-state index contributed by atoms with van der Waals surface area (Å²) in [4.78, 5) is 14.0. The molecule has 1 saturated heterocycles. The molecular formula is C15H25N3O2. The lowest BCUT2D eigenvalue weighted by Crippen LogP contribution is -2.28. The second-order valence-corrected chi connectivity index (χ2v) is 5.78. The van der Waals surface area contributed by atoms with E-state index in [2.05, 4.69) is 5.10 Å². The van der Waals surface area contributed by atoms with Crippen LogP contribution < -0.4 is 0 Å². The first kappa shape index (κ1) is 15.0. The first-order chi connectivity index (χ1) is 9.58. The van der Waals surface area contributed by atoms with Crippen molar-refractivity contribution in [3.8, 4) is 0 Å². The highest BCUT2D eigenvalue weighted by Gasteiger charge is 2.18. The predicted molar refractivity (Wildman–Crippen MR) is 77.8 cm³/mol. The Hall–Kier alpha value is -1.36. The van der Waals surface area contributed by atoms with Gasteiger partial charge in [0.25, 0.3) is 5.91 Å². The molecule has 0 unspecified atom stereocenters. The van der Waals surface area contributed by atoms with Gasteiger partial charge in [0.15, 0.2) is 0 Å². The fraction of sp³-hybridized carbons (Fsp3) is 0.733. The van der Waals surface area contributed by atoms with Crippen LogP contribution >= 0.6 is 0 Å². The van der Waals surface area contributed by atoms with Gasteiger partial charge in [-0.2, -0.15) is 5.10 Å². The molecule has 1 aliphatic rings. The van der Waals surface area contributed by atoms with Crippen LogP contribution in [0.15, 0.2) is 12.3 Å². The van der Waals surface area contributed by atoms with Gasteiger partial charge in [0.05, 0.1) is 6.10 Å². The molecule has 1 aromatic rings. The third-order valence-electron chi connectivity index (χ3n) is 3.75. The Kier molecular flexibility index (Phi) is 5.17. The summed E-state index contributed by atoms with van der Waals surface area (Å²) in [6.45, 7) is 5.75. The Balaban J connectivity index is 1.78. The number of amides is 1. The largest absolute Gasteiger partial charge is 0.378 e. The maximum atomic E-state index is 12.2. The Morgan fingerprint density at radius 3 is 3.00 bits per heavy atom. The zero-order valence-corrected chi connectivity index (χ0v) is 12.7. The summed E-state index contributed by atoms with van der Waals surface area (Å²) in [7, 11) is 1.84. The van der Waals surface area contributed by atoms with Gasteiger partial charge in [0, 0.05) is 32.4 Å². The third kappa shape index (κ3) is 3.82. The Bertz CT molecular complexity index is 436. The fourth-order valence-corrected chi connectivity index (χ4v) is 2.46. The molecule has 0 saturated carbocycles. The fourth-order valence-electron chi connectivity index (χ4n) is 2.46. The van der Waals surface area contributed by atoms with Crippen molar-refractivity contribution in [3.05, 3.63) is 18.0 Å². The van der Waals surface area contributed by atoms with Gasteiger partial charge < -0.3 is 9.64 Å². The van der Waals surface area contributed by atoms with Gasteiger partial charge in [-0.15, -0.1) is 0 Å². The molecule has 112 valence electrons.